The van der Waals surface area contributed by atoms with Gasteiger partial charge in [0.05, 0.1) is 6.33 Å². The first-order chi connectivity index (χ1) is 12.7. The maximum absolute atomic E-state index is 12.8. The number of benzene rings is 1. The normalized spacial score (nSPS) is 15.0. The molecule has 7 nitrogen and oxygen atoms in total. The summed E-state index contributed by atoms with van der Waals surface area (Å²) in [5.41, 5.74) is 1.72. The van der Waals surface area contributed by atoms with Crippen molar-refractivity contribution in [2.45, 2.75) is 19.9 Å². The average Bonchev–Trinajstić information content (AvgIpc) is 3.17. The summed E-state index contributed by atoms with van der Waals surface area (Å²) >= 11 is 0. The van der Waals surface area contributed by atoms with Crippen LogP contribution in [0.4, 0.5) is 0 Å². The zero-order valence-corrected chi connectivity index (χ0v) is 15.1. The Balaban J connectivity index is 1.57. The molecule has 0 aliphatic carbocycles. The van der Waals surface area contributed by atoms with Crippen molar-refractivity contribution in [1.82, 2.24) is 25.1 Å². The van der Waals surface area contributed by atoms with Crippen LogP contribution in [0.15, 0.2) is 36.7 Å². The SMILES string of the molecule is CCCNC(=O)c1nc[nH]c1C(=O)N1CCN(Cc2ccccc2)CC1. The number of aromatic nitrogens is 2. The van der Waals surface area contributed by atoms with Gasteiger partial charge in [0.2, 0.25) is 0 Å². The molecular formula is C19H25N5O2. The van der Waals surface area contributed by atoms with Crippen molar-refractivity contribution in [3.8, 4) is 0 Å². The molecule has 1 fully saturated rings. The van der Waals surface area contributed by atoms with Gasteiger partial charge in [-0.25, -0.2) is 4.98 Å². The molecular weight excluding hydrogens is 330 g/mol. The van der Waals surface area contributed by atoms with E-state index in [1.54, 1.807) is 4.90 Å². The maximum atomic E-state index is 12.8. The van der Waals surface area contributed by atoms with Crippen LogP contribution in [0.2, 0.25) is 0 Å². The Labute approximate surface area is 153 Å². The molecule has 7 heteroatoms. The van der Waals surface area contributed by atoms with E-state index >= 15 is 0 Å². The highest BCUT2D eigenvalue weighted by atomic mass is 16.2. The van der Waals surface area contributed by atoms with Gasteiger partial charge in [0.1, 0.15) is 5.69 Å². The van der Waals surface area contributed by atoms with E-state index in [1.165, 1.54) is 11.9 Å². The van der Waals surface area contributed by atoms with Gasteiger partial charge in [0, 0.05) is 39.3 Å². The lowest BCUT2D eigenvalue weighted by Gasteiger charge is -2.34. The molecule has 138 valence electrons. The van der Waals surface area contributed by atoms with E-state index in [0.717, 1.165) is 26.1 Å². The quantitative estimate of drug-likeness (QED) is 0.823. The minimum Gasteiger partial charge on any atom is -0.351 e. The molecule has 1 saturated heterocycles. The van der Waals surface area contributed by atoms with Gasteiger partial charge in [0.25, 0.3) is 11.8 Å². The highest BCUT2D eigenvalue weighted by Gasteiger charge is 2.27. The van der Waals surface area contributed by atoms with Gasteiger partial charge in [-0.05, 0) is 12.0 Å². The fourth-order valence-electron chi connectivity index (χ4n) is 3.06. The fraction of sp³-hybridized carbons (Fsp3) is 0.421. The molecule has 2 amide bonds. The van der Waals surface area contributed by atoms with Crippen molar-refractivity contribution in [3.05, 3.63) is 53.6 Å². The Hall–Kier alpha value is -2.67. The maximum Gasteiger partial charge on any atom is 0.272 e. The molecule has 26 heavy (non-hydrogen) atoms. The van der Waals surface area contributed by atoms with Gasteiger partial charge in [-0.2, -0.15) is 0 Å². The van der Waals surface area contributed by atoms with E-state index in [2.05, 4.69) is 32.3 Å². The number of hydrogen-bond acceptors (Lipinski definition) is 4. The molecule has 0 atom stereocenters. The lowest BCUT2D eigenvalue weighted by atomic mass is 10.2. The van der Waals surface area contributed by atoms with Crippen LogP contribution in [0.3, 0.4) is 0 Å². The number of imidazole rings is 1. The van der Waals surface area contributed by atoms with Crippen molar-refractivity contribution in [1.29, 1.82) is 0 Å². The van der Waals surface area contributed by atoms with E-state index in [1.807, 2.05) is 25.1 Å². The Bertz CT molecular complexity index is 735. The van der Waals surface area contributed by atoms with Crippen LogP contribution in [-0.4, -0.2) is 64.3 Å². The predicted octanol–water partition coefficient (Wildman–Crippen LogP) is 1.51. The van der Waals surface area contributed by atoms with Crippen molar-refractivity contribution in [2.75, 3.05) is 32.7 Å². The van der Waals surface area contributed by atoms with Crippen molar-refractivity contribution >= 4 is 11.8 Å². The Morgan fingerprint density at radius 1 is 1.15 bits per heavy atom. The molecule has 1 aromatic heterocycles. The second-order valence-electron chi connectivity index (χ2n) is 6.44. The molecule has 0 bridgehead atoms. The number of carbonyl (C=O) groups is 2. The number of hydrogen-bond donors (Lipinski definition) is 2. The molecule has 2 heterocycles. The summed E-state index contributed by atoms with van der Waals surface area (Å²) in [6.07, 6.45) is 2.24. The lowest BCUT2D eigenvalue weighted by molar-refractivity contribution is 0.0619. The minimum atomic E-state index is -0.306. The number of nitrogens with zero attached hydrogens (tertiary/aromatic N) is 3. The largest absolute Gasteiger partial charge is 0.351 e. The summed E-state index contributed by atoms with van der Waals surface area (Å²) < 4.78 is 0. The molecule has 0 radical (unpaired) electrons. The molecule has 2 N–H and O–H groups in total. The summed E-state index contributed by atoms with van der Waals surface area (Å²) in [5, 5.41) is 2.77. The van der Waals surface area contributed by atoms with Gasteiger partial charge < -0.3 is 15.2 Å². The van der Waals surface area contributed by atoms with E-state index in [-0.39, 0.29) is 23.2 Å². The van der Waals surface area contributed by atoms with Gasteiger partial charge in [-0.1, -0.05) is 37.3 Å². The van der Waals surface area contributed by atoms with Crippen LogP contribution in [0, 0.1) is 0 Å². The van der Waals surface area contributed by atoms with E-state index < -0.39 is 0 Å². The van der Waals surface area contributed by atoms with Crippen molar-refractivity contribution in [2.24, 2.45) is 0 Å². The van der Waals surface area contributed by atoms with Gasteiger partial charge in [-0.3, -0.25) is 14.5 Å². The number of nitrogens with one attached hydrogen (secondary N) is 2. The summed E-state index contributed by atoms with van der Waals surface area (Å²) in [6, 6.07) is 10.3. The third kappa shape index (κ3) is 4.29. The fourth-order valence-corrected chi connectivity index (χ4v) is 3.06. The third-order valence-electron chi connectivity index (χ3n) is 4.51. The molecule has 1 aliphatic heterocycles. The van der Waals surface area contributed by atoms with E-state index in [0.29, 0.717) is 19.6 Å². The smallest absolute Gasteiger partial charge is 0.272 e. The highest BCUT2D eigenvalue weighted by molar-refractivity contribution is 6.04. The predicted molar refractivity (Wildman–Crippen MR) is 98.8 cm³/mol. The second-order valence-corrected chi connectivity index (χ2v) is 6.44. The zero-order valence-electron chi connectivity index (χ0n) is 15.1. The second kappa shape index (κ2) is 8.62. The standard InChI is InChI=1S/C19H25N5O2/c1-2-8-20-18(25)16-17(22-14-21-16)19(26)24-11-9-23(10-12-24)13-15-6-4-3-5-7-15/h3-7,14H,2,8-13H2,1H3,(H,20,25)(H,21,22). The summed E-state index contributed by atoms with van der Waals surface area (Å²) in [5.74, 6) is -0.470. The highest BCUT2D eigenvalue weighted by Crippen LogP contribution is 2.12. The number of H-pyrrole nitrogens is 1. The molecule has 0 unspecified atom stereocenters. The Morgan fingerprint density at radius 2 is 1.88 bits per heavy atom. The number of aromatic amines is 1. The zero-order chi connectivity index (χ0) is 18.4. The number of piperazine rings is 1. The molecule has 0 saturated carbocycles. The molecule has 2 aromatic rings. The molecule has 3 rings (SSSR count). The number of rotatable bonds is 6. The molecule has 0 spiro atoms. The van der Waals surface area contributed by atoms with Crippen LogP contribution in [0.5, 0.6) is 0 Å². The first kappa shape index (κ1) is 18.1. The van der Waals surface area contributed by atoms with E-state index in [4.69, 9.17) is 0 Å². The van der Waals surface area contributed by atoms with Gasteiger partial charge in [-0.15, -0.1) is 0 Å². The van der Waals surface area contributed by atoms with Crippen molar-refractivity contribution < 1.29 is 9.59 Å². The first-order valence-electron chi connectivity index (χ1n) is 9.06. The minimum absolute atomic E-state index is 0.163. The summed E-state index contributed by atoms with van der Waals surface area (Å²) in [6.45, 7) is 6.33. The topological polar surface area (TPSA) is 81.3 Å². The van der Waals surface area contributed by atoms with Crippen LogP contribution >= 0.6 is 0 Å². The van der Waals surface area contributed by atoms with Gasteiger partial charge in [0.15, 0.2) is 5.69 Å². The monoisotopic (exact) mass is 355 g/mol. The first-order valence-corrected chi connectivity index (χ1v) is 9.06. The number of amides is 2. The Kier molecular flexibility index (Phi) is 6.01. The third-order valence-corrected chi connectivity index (χ3v) is 4.51. The summed E-state index contributed by atoms with van der Waals surface area (Å²) in [7, 11) is 0. The van der Waals surface area contributed by atoms with Crippen LogP contribution < -0.4 is 5.32 Å². The lowest BCUT2D eigenvalue weighted by Crippen LogP contribution is -2.48. The number of carbonyl (C=O) groups excluding carboxylic acids is 2. The average molecular weight is 355 g/mol. The Morgan fingerprint density at radius 3 is 2.58 bits per heavy atom. The van der Waals surface area contributed by atoms with Crippen LogP contribution in [0.25, 0.3) is 0 Å². The van der Waals surface area contributed by atoms with Crippen LogP contribution in [-0.2, 0) is 6.54 Å². The van der Waals surface area contributed by atoms with Crippen LogP contribution in [0.1, 0.15) is 39.9 Å². The molecule has 1 aromatic carbocycles. The van der Waals surface area contributed by atoms with E-state index in [9.17, 15) is 9.59 Å². The van der Waals surface area contributed by atoms with Gasteiger partial charge >= 0.3 is 0 Å². The van der Waals surface area contributed by atoms with Crippen molar-refractivity contribution in [3.63, 3.8) is 0 Å². The molecule has 1 aliphatic rings. The summed E-state index contributed by atoms with van der Waals surface area (Å²) in [4.78, 5) is 35.9.